The van der Waals surface area contributed by atoms with Crippen LogP contribution in [0.5, 0.6) is 0 Å². The highest BCUT2D eigenvalue weighted by atomic mass is 32.2. The molecule has 0 bridgehead atoms. The average Bonchev–Trinajstić information content (AvgIpc) is 3.11. The number of nitrogens with one attached hydrogen (secondary N) is 1. The number of nitrogens with zero attached hydrogens (tertiary/aromatic N) is 2. The van der Waals surface area contributed by atoms with Gasteiger partial charge in [0.15, 0.2) is 0 Å². The molecule has 0 spiro atoms. The Kier molecular flexibility index (Phi) is 5.39. The van der Waals surface area contributed by atoms with Gasteiger partial charge in [0.2, 0.25) is 0 Å². The molecule has 1 N–H and O–H groups in total. The molecule has 0 saturated carbocycles. The molecule has 164 valence electrons. The molecule has 3 aromatic carbocycles. The van der Waals surface area contributed by atoms with Crippen LogP contribution in [-0.2, 0) is 16.4 Å². The third-order valence-electron chi connectivity index (χ3n) is 5.21. The maximum Gasteiger partial charge on any atom is 0.271 e. The predicted octanol–water partition coefficient (Wildman–Crippen LogP) is 4.13. The van der Waals surface area contributed by atoms with Crippen LogP contribution in [0.4, 0.5) is 21.5 Å². The Labute approximate surface area is 183 Å². The van der Waals surface area contributed by atoms with Crippen LogP contribution in [0.2, 0.25) is 0 Å². The quantitative estimate of drug-likeness (QED) is 0.460. The van der Waals surface area contributed by atoms with Gasteiger partial charge in [-0.25, -0.2) is 12.8 Å². The highest BCUT2D eigenvalue weighted by Gasteiger charge is 2.36. The maximum atomic E-state index is 14.0. The number of sulfonamides is 1. The van der Waals surface area contributed by atoms with Gasteiger partial charge in [-0.3, -0.25) is 19.2 Å². The first kappa shape index (κ1) is 21.4. The molecule has 0 saturated heterocycles. The lowest BCUT2D eigenvalue weighted by atomic mass is 10.1. The summed E-state index contributed by atoms with van der Waals surface area (Å²) in [5.41, 5.74) is 0.712. The van der Waals surface area contributed by atoms with Crippen LogP contribution in [0.25, 0.3) is 0 Å². The van der Waals surface area contributed by atoms with Crippen molar-refractivity contribution in [2.75, 3.05) is 9.62 Å². The van der Waals surface area contributed by atoms with Crippen LogP contribution >= 0.6 is 0 Å². The van der Waals surface area contributed by atoms with Crippen LogP contribution in [0, 0.1) is 15.9 Å². The number of nitro benzene ring substituents is 1. The first-order valence-corrected chi connectivity index (χ1v) is 11.1. The highest BCUT2D eigenvalue weighted by Crippen LogP contribution is 2.36. The van der Waals surface area contributed by atoms with Crippen molar-refractivity contribution < 1.29 is 22.5 Å². The lowest BCUT2D eigenvalue weighted by Gasteiger charge is -2.24. The Balaban J connectivity index is 1.65. The van der Waals surface area contributed by atoms with Crippen molar-refractivity contribution in [2.24, 2.45) is 0 Å². The first-order valence-electron chi connectivity index (χ1n) is 9.66. The number of carbonyl (C=O) groups is 1. The van der Waals surface area contributed by atoms with E-state index in [1.807, 2.05) is 12.1 Å². The minimum atomic E-state index is -3.97. The zero-order valence-electron chi connectivity index (χ0n) is 16.9. The molecule has 0 aromatic heterocycles. The number of carbonyl (C=O) groups excluding carboxylic acids is 1. The predicted molar refractivity (Wildman–Crippen MR) is 117 cm³/mol. The van der Waals surface area contributed by atoms with Crippen LogP contribution in [0.15, 0.2) is 71.6 Å². The van der Waals surface area contributed by atoms with Crippen molar-refractivity contribution in [2.45, 2.75) is 24.3 Å². The number of para-hydroxylation sites is 1. The molecule has 1 amide bonds. The lowest BCUT2D eigenvalue weighted by Crippen LogP contribution is -2.35. The molecule has 1 atom stereocenters. The van der Waals surface area contributed by atoms with E-state index in [4.69, 9.17) is 0 Å². The fourth-order valence-corrected chi connectivity index (χ4v) is 5.47. The Hall–Kier alpha value is -3.79. The molecular weight excluding hydrogens is 437 g/mol. The van der Waals surface area contributed by atoms with Crippen LogP contribution in [0.3, 0.4) is 0 Å². The van der Waals surface area contributed by atoms with Gasteiger partial charge in [-0.1, -0.05) is 24.3 Å². The Bertz CT molecular complexity index is 1340. The third kappa shape index (κ3) is 3.80. The summed E-state index contributed by atoms with van der Waals surface area (Å²) in [5.74, 6) is -1.65. The van der Waals surface area contributed by atoms with E-state index in [1.165, 1.54) is 28.6 Å². The standard InChI is InChI=1S/C22H18FN3O5S/c1-14-11-15-5-2-3-8-21(15)25(14)32(30,31)18-7-4-6-16(12-18)22(27)24-20-13-17(26(28)29)9-10-19(20)23/h2-10,12-14H,11H2,1H3,(H,24,27). The van der Waals surface area contributed by atoms with Gasteiger partial charge in [0.05, 0.1) is 21.2 Å². The number of rotatable bonds is 5. The van der Waals surface area contributed by atoms with E-state index in [-0.39, 0.29) is 27.9 Å². The highest BCUT2D eigenvalue weighted by molar-refractivity contribution is 7.92. The second kappa shape index (κ2) is 8.04. The Morgan fingerprint density at radius 2 is 1.88 bits per heavy atom. The molecule has 32 heavy (non-hydrogen) atoms. The third-order valence-corrected chi connectivity index (χ3v) is 7.13. The molecular formula is C22H18FN3O5S. The summed E-state index contributed by atoms with van der Waals surface area (Å²) in [7, 11) is -3.97. The van der Waals surface area contributed by atoms with Crippen LogP contribution in [0.1, 0.15) is 22.8 Å². The zero-order valence-corrected chi connectivity index (χ0v) is 17.7. The fourth-order valence-electron chi connectivity index (χ4n) is 3.73. The Morgan fingerprint density at radius 3 is 2.62 bits per heavy atom. The zero-order chi connectivity index (χ0) is 23.0. The van der Waals surface area contributed by atoms with Gasteiger partial charge in [-0.2, -0.15) is 0 Å². The minimum Gasteiger partial charge on any atom is -0.319 e. The number of hydrogen-bond donors (Lipinski definition) is 1. The van der Waals surface area contributed by atoms with Gasteiger partial charge >= 0.3 is 0 Å². The average molecular weight is 455 g/mol. The van der Waals surface area contributed by atoms with Crippen LogP contribution in [-0.4, -0.2) is 25.3 Å². The number of benzene rings is 3. The van der Waals surface area contributed by atoms with Gasteiger partial charge in [0.25, 0.3) is 21.6 Å². The normalized spacial score (nSPS) is 15.3. The largest absolute Gasteiger partial charge is 0.319 e. The Morgan fingerprint density at radius 1 is 1.12 bits per heavy atom. The van der Waals surface area contributed by atoms with Gasteiger partial charge in [0.1, 0.15) is 5.82 Å². The summed E-state index contributed by atoms with van der Waals surface area (Å²) in [6.07, 6.45) is 0.571. The molecule has 1 heterocycles. The van der Waals surface area contributed by atoms with Gasteiger partial charge < -0.3 is 5.32 Å². The number of nitro groups is 1. The summed E-state index contributed by atoms with van der Waals surface area (Å²) in [5, 5.41) is 13.2. The van der Waals surface area contributed by atoms with Crippen molar-refractivity contribution in [3.8, 4) is 0 Å². The molecule has 1 unspecified atom stereocenters. The van der Waals surface area contributed by atoms with E-state index in [9.17, 15) is 27.7 Å². The van der Waals surface area contributed by atoms with E-state index in [2.05, 4.69) is 5.32 Å². The van der Waals surface area contributed by atoms with Crippen molar-refractivity contribution in [1.82, 2.24) is 0 Å². The van der Waals surface area contributed by atoms with Crippen molar-refractivity contribution in [3.05, 3.63) is 93.8 Å². The van der Waals surface area contributed by atoms with Gasteiger partial charge in [0, 0.05) is 23.7 Å². The van der Waals surface area contributed by atoms with E-state index in [1.54, 1.807) is 19.1 Å². The van der Waals surface area contributed by atoms with E-state index < -0.39 is 26.7 Å². The maximum absolute atomic E-state index is 14.0. The summed E-state index contributed by atoms with van der Waals surface area (Å²) in [6, 6.07) is 15.1. The second-order valence-corrected chi connectivity index (χ2v) is 9.20. The number of non-ortho nitro benzene ring substituents is 1. The molecule has 8 nitrogen and oxygen atoms in total. The smallest absolute Gasteiger partial charge is 0.271 e. The molecule has 0 radical (unpaired) electrons. The van der Waals surface area contributed by atoms with Crippen molar-refractivity contribution >= 4 is 33.0 Å². The molecule has 0 fully saturated rings. The first-order chi connectivity index (χ1) is 15.2. The fraction of sp³-hybridized carbons (Fsp3) is 0.136. The topological polar surface area (TPSA) is 110 Å². The summed E-state index contributed by atoms with van der Waals surface area (Å²) < 4.78 is 42.1. The summed E-state index contributed by atoms with van der Waals surface area (Å²) in [6.45, 7) is 1.80. The molecule has 4 rings (SSSR count). The summed E-state index contributed by atoms with van der Waals surface area (Å²) >= 11 is 0. The molecule has 0 aliphatic carbocycles. The molecule has 3 aromatic rings. The van der Waals surface area contributed by atoms with Gasteiger partial charge in [-0.05, 0) is 49.2 Å². The number of anilines is 2. The molecule has 10 heteroatoms. The van der Waals surface area contributed by atoms with Crippen LogP contribution < -0.4 is 9.62 Å². The number of amides is 1. The van der Waals surface area contributed by atoms with Crippen molar-refractivity contribution in [1.29, 1.82) is 0 Å². The van der Waals surface area contributed by atoms with E-state index in [0.717, 1.165) is 23.8 Å². The lowest BCUT2D eigenvalue weighted by molar-refractivity contribution is -0.384. The summed E-state index contributed by atoms with van der Waals surface area (Å²) in [4.78, 5) is 22.8. The molecule has 1 aliphatic rings. The number of halogens is 1. The second-order valence-electron chi connectivity index (χ2n) is 7.39. The number of hydrogen-bond acceptors (Lipinski definition) is 5. The van der Waals surface area contributed by atoms with Crippen molar-refractivity contribution in [3.63, 3.8) is 0 Å². The van der Waals surface area contributed by atoms with E-state index >= 15 is 0 Å². The SMILES string of the molecule is CC1Cc2ccccc2N1S(=O)(=O)c1cccc(C(=O)Nc2cc([N+](=O)[O-])ccc2F)c1. The van der Waals surface area contributed by atoms with E-state index in [0.29, 0.717) is 12.1 Å². The van der Waals surface area contributed by atoms with Gasteiger partial charge in [-0.15, -0.1) is 0 Å². The molecule has 1 aliphatic heterocycles. The monoisotopic (exact) mass is 455 g/mol. The minimum absolute atomic E-state index is 0.0304. The number of fused-ring (bicyclic) bond motifs is 1.